The topological polar surface area (TPSA) is 121 Å². The number of phosphoric acid groups is 2. The van der Waals surface area contributed by atoms with Crippen LogP contribution in [0.25, 0.3) is 0 Å². The summed E-state index contributed by atoms with van der Waals surface area (Å²) in [5.74, 6) is 0. The molecular weight excluding hydrogens is 481 g/mol. The standard InChI is InChI=1S/C4H10F4N3P3.C4H12O7P2/c1-3-14(4-2)9-12(7)10(5)13(8)11(14)6;1-3-9-13(8,10-4-2)11-12(5,6)7/h3-4H2,1-2H3;3-4H2,1-2H3,(H2,5,6,7). The maximum absolute atomic E-state index is 13.3. The second kappa shape index (κ2) is 12.0. The predicted octanol–water partition coefficient (Wildman–Crippen LogP) is 6.20. The highest BCUT2D eigenvalue weighted by Crippen LogP contribution is 2.79. The first-order chi connectivity index (χ1) is 12.3. The van der Waals surface area contributed by atoms with Crippen molar-refractivity contribution in [1.82, 2.24) is 9.33 Å². The fraction of sp³-hybridized carbons (Fsp3) is 1.00. The first-order valence-electron chi connectivity index (χ1n) is 7.41. The number of phosphoric ester groups is 1. The van der Waals surface area contributed by atoms with E-state index in [9.17, 15) is 26.5 Å². The minimum Gasteiger partial charge on any atom is -0.302 e. The van der Waals surface area contributed by atoms with E-state index in [1.807, 2.05) is 0 Å². The maximum Gasteiger partial charge on any atom is 0.483 e. The monoisotopic (exact) mass is 503 g/mol. The van der Waals surface area contributed by atoms with Crippen LogP contribution in [0.15, 0.2) is 4.52 Å². The summed E-state index contributed by atoms with van der Waals surface area (Å²) >= 11 is 0. The molecular formula is C8H22F4N3O7P5. The summed E-state index contributed by atoms with van der Waals surface area (Å²) in [7, 11) is -18.1. The van der Waals surface area contributed by atoms with Crippen LogP contribution < -0.4 is 0 Å². The van der Waals surface area contributed by atoms with Crippen LogP contribution >= 0.6 is 39.9 Å². The van der Waals surface area contributed by atoms with E-state index in [-0.39, 0.29) is 30.2 Å². The van der Waals surface area contributed by atoms with E-state index in [0.29, 0.717) is 0 Å². The molecule has 0 saturated carbocycles. The second-order valence-corrected chi connectivity index (χ2v) is 14.2. The number of nitrogens with zero attached hydrogens (tertiary/aromatic N) is 3. The van der Waals surface area contributed by atoms with E-state index in [1.165, 1.54) is 13.8 Å². The Morgan fingerprint density at radius 3 is 1.81 bits per heavy atom. The van der Waals surface area contributed by atoms with E-state index in [2.05, 4.69) is 17.9 Å². The molecule has 164 valence electrons. The average molecular weight is 503 g/mol. The van der Waals surface area contributed by atoms with Gasteiger partial charge in [0.15, 0.2) is 0 Å². The van der Waals surface area contributed by atoms with E-state index in [0.717, 1.165) is 0 Å². The molecule has 0 aromatic heterocycles. The third-order valence-corrected chi connectivity index (χ3v) is 13.3. The van der Waals surface area contributed by atoms with Crippen LogP contribution in [0.5, 0.6) is 0 Å². The lowest BCUT2D eigenvalue weighted by Crippen LogP contribution is -2.15. The molecule has 0 aliphatic carbocycles. The van der Waals surface area contributed by atoms with Crippen molar-refractivity contribution in [2.24, 2.45) is 4.52 Å². The summed E-state index contributed by atoms with van der Waals surface area (Å²) in [6.07, 6.45) is 0.443. The molecule has 0 aromatic rings. The van der Waals surface area contributed by atoms with Gasteiger partial charge in [-0.05, 0) is 35.5 Å². The molecule has 1 heterocycles. The third-order valence-electron chi connectivity index (χ3n) is 2.75. The summed E-state index contributed by atoms with van der Waals surface area (Å²) in [6.45, 7) is 6.14. The molecule has 1 rings (SSSR count). The summed E-state index contributed by atoms with van der Waals surface area (Å²) < 4.78 is 88.8. The molecule has 0 bridgehead atoms. The molecule has 10 nitrogen and oxygen atoms in total. The highest BCUT2D eigenvalue weighted by Gasteiger charge is 2.47. The molecule has 0 aromatic carbocycles. The Morgan fingerprint density at radius 1 is 1.04 bits per heavy atom. The van der Waals surface area contributed by atoms with Gasteiger partial charge in [-0.2, -0.15) is 12.7 Å². The molecule has 27 heavy (non-hydrogen) atoms. The van der Waals surface area contributed by atoms with Crippen LogP contribution in [0.3, 0.4) is 0 Å². The van der Waals surface area contributed by atoms with Crippen LogP contribution in [0.2, 0.25) is 0 Å². The van der Waals surface area contributed by atoms with Gasteiger partial charge in [-0.1, -0.05) is 13.8 Å². The maximum atomic E-state index is 13.3. The molecule has 0 radical (unpaired) electrons. The van der Waals surface area contributed by atoms with Crippen molar-refractivity contribution in [2.75, 3.05) is 25.5 Å². The molecule has 19 heteroatoms. The van der Waals surface area contributed by atoms with Gasteiger partial charge in [0.05, 0.1) is 20.4 Å². The Hall–Kier alpha value is 0.990. The molecule has 0 fully saturated rings. The minimum absolute atomic E-state index is 0.0305. The number of hydrogen-bond acceptors (Lipinski definition) is 8. The SMILES string of the molecule is CCOP(=O)(OCC)OP(=O)(O)O.CCP1(CC)=NP(F)N(F)P(F)N1F. The summed E-state index contributed by atoms with van der Waals surface area (Å²) in [6, 6.07) is 0. The van der Waals surface area contributed by atoms with E-state index >= 15 is 0 Å². The van der Waals surface area contributed by atoms with Gasteiger partial charge < -0.3 is 9.79 Å². The van der Waals surface area contributed by atoms with Crippen LogP contribution in [0, 0.1) is 0 Å². The van der Waals surface area contributed by atoms with Gasteiger partial charge in [-0.25, -0.2) is 13.6 Å². The van der Waals surface area contributed by atoms with Crippen molar-refractivity contribution in [3.05, 3.63) is 0 Å². The van der Waals surface area contributed by atoms with Crippen LogP contribution in [-0.4, -0.2) is 44.7 Å². The largest absolute Gasteiger partial charge is 0.483 e. The number of rotatable bonds is 8. The van der Waals surface area contributed by atoms with Crippen molar-refractivity contribution < 1.29 is 49.6 Å². The fourth-order valence-electron chi connectivity index (χ4n) is 1.58. The number of hydrogen-bond donors (Lipinski definition) is 2. The van der Waals surface area contributed by atoms with E-state index in [1.54, 1.807) is 13.8 Å². The lowest BCUT2D eigenvalue weighted by Gasteiger charge is -2.35. The summed E-state index contributed by atoms with van der Waals surface area (Å²) in [5, 5.41) is 0. The highest BCUT2D eigenvalue weighted by atomic mass is 31.3. The normalized spacial score (nSPS) is 24.1. The minimum atomic E-state index is -4.86. The van der Waals surface area contributed by atoms with Gasteiger partial charge >= 0.3 is 32.7 Å². The Morgan fingerprint density at radius 2 is 1.48 bits per heavy atom. The first-order valence-corrected chi connectivity index (χ1v) is 14.7. The predicted molar refractivity (Wildman–Crippen MR) is 96.4 cm³/mol. The van der Waals surface area contributed by atoms with Gasteiger partial charge in [0, 0.05) is 0 Å². The Labute approximate surface area is 157 Å². The lowest BCUT2D eigenvalue weighted by molar-refractivity contribution is 0.149. The lowest BCUT2D eigenvalue weighted by atomic mass is 10.9. The zero-order valence-corrected chi connectivity index (χ0v) is 19.3. The van der Waals surface area contributed by atoms with Crippen LogP contribution in [0.1, 0.15) is 27.7 Å². The van der Waals surface area contributed by atoms with Crippen LogP contribution in [-0.2, 0) is 22.5 Å². The Bertz CT molecular complexity index is 595. The molecule has 2 N–H and O–H groups in total. The van der Waals surface area contributed by atoms with Gasteiger partial charge in [0.25, 0.3) is 0 Å². The third kappa shape index (κ3) is 8.71. The second-order valence-electron chi connectivity index (χ2n) is 4.42. The van der Waals surface area contributed by atoms with Crippen molar-refractivity contribution in [3.63, 3.8) is 0 Å². The van der Waals surface area contributed by atoms with Gasteiger partial charge in [-0.15, -0.1) is 8.96 Å². The zero-order chi connectivity index (χ0) is 21.5. The first kappa shape index (κ1) is 28.0. The highest BCUT2D eigenvalue weighted by molar-refractivity contribution is 7.81. The van der Waals surface area contributed by atoms with Gasteiger partial charge in [-0.3, -0.25) is 9.05 Å². The molecule has 0 spiro atoms. The molecule has 2 unspecified atom stereocenters. The van der Waals surface area contributed by atoms with Gasteiger partial charge in [0.1, 0.15) is 0 Å². The Balaban J connectivity index is 0.000000503. The van der Waals surface area contributed by atoms with Gasteiger partial charge in [0.2, 0.25) is 0 Å². The van der Waals surface area contributed by atoms with Crippen molar-refractivity contribution >= 4 is 39.9 Å². The van der Waals surface area contributed by atoms with Crippen molar-refractivity contribution in [2.45, 2.75) is 27.7 Å². The smallest absolute Gasteiger partial charge is 0.302 e. The number of halogens is 4. The summed E-state index contributed by atoms with van der Waals surface area (Å²) in [5.41, 5.74) is 0. The van der Waals surface area contributed by atoms with Crippen molar-refractivity contribution in [1.29, 1.82) is 0 Å². The van der Waals surface area contributed by atoms with Crippen LogP contribution in [0.4, 0.5) is 17.4 Å². The fourth-order valence-corrected chi connectivity index (χ4v) is 11.0. The van der Waals surface area contributed by atoms with Crippen molar-refractivity contribution in [3.8, 4) is 0 Å². The molecule has 0 amide bonds. The molecule has 1 aliphatic heterocycles. The van der Waals surface area contributed by atoms with E-state index in [4.69, 9.17) is 9.79 Å². The quantitative estimate of drug-likeness (QED) is 0.227. The zero-order valence-electron chi connectivity index (χ0n) is 14.9. The summed E-state index contributed by atoms with van der Waals surface area (Å²) in [4.78, 5) is 16.7. The molecule has 1 aliphatic rings. The Kier molecular flexibility index (Phi) is 12.4. The van der Waals surface area contributed by atoms with E-state index < -0.39 is 44.6 Å². The molecule has 2 atom stereocenters. The average Bonchev–Trinajstić information content (AvgIpc) is 2.55. The molecule has 0 saturated heterocycles.